The summed E-state index contributed by atoms with van der Waals surface area (Å²) in [6.07, 6.45) is 1.68. The molecule has 7 heteroatoms. The van der Waals surface area contributed by atoms with Crippen LogP contribution in [0.15, 0.2) is 11.0 Å². The number of aliphatic hydroxyl groups excluding tert-OH is 2. The molecule has 19 heavy (non-hydrogen) atoms. The van der Waals surface area contributed by atoms with Gasteiger partial charge in [-0.15, -0.1) is 0 Å². The molecular weight excluding hydrogens is 268 g/mol. The third-order valence-electron chi connectivity index (χ3n) is 3.26. The predicted octanol–water partition coefficient (Wildman–Crippen LogP) is 0.499. The predicted molar refractivity (Wildman–Crippen MR) is 71.5 cm³/mol. The van der Waals surface area contributed by atoms with Crippen LogP contribution in [-0.4, -0.2) is 38.6 Å². The number of rotatable bonds is 4. The van der Waals surface area contributed by atoms with Gasteiger partial charge in [-0.3, -0.25) is 9.55 Å². The second-order valence-electron chi connectivity index (χ2n) is 4.69. The van der Waals surface area contributed by atoms with E-state index in [1.54, 1.807) is 6.20 Å². The molecule has 1 aromatic heterocycles. The molecule has 106 valence electrons. The summed E-state index contributed by atoms with van der Waals surface area (Å²) in [5.74, 6) is 0. The van der Waals surface area contributed by atoms with Crippen molar-refractivity contribution in [2.75, 3.05) is 6.61 Å². The Morgan fingerprint density at radius 2 is 2.37 bits per heavy atom. The number of hydrogen-bond acceptors (Lipinski definition) is 5. The summed E-state index contributed by atoms with van der Waals surface area (Å²) in [4.78, 5) is 14.5. The molecule has 0 radical (unpaired) electrons. The maximum atomic E-state index is 11.9. The molecule has 3 atom stereocenters. The molecule has 1 fully saturated rings. The average molecular weight is 286 g/mol. The maximum Gasteiger partial charge on any atom is 0.328 e. The monoisotopic (exact) mass is 286 g/mol. The fraction of sp³-hybridized carbons (Fsp3) is 0.667. The second kappa shape index (κ2) is 5.96. The summed E-state index contributed by atoms with van der Waals surface area (Å²) in [5.41, 5.74) is 0.517. The molecule has 6 nitrogen and oxygen atoms in total. The Kier molecular flexibility index (Phi) is 4.51. The van der Waals surface area contributed by atoms with Crippen molar-refractivity contribution in [3.63, 3.8) is 0 Å². The lowest BCUT2D eigenvalue weighted by atomic mass is 10.2. The molecule has 1 saturated heterocycles. The third-order valence-corrected chi connectivity index (χ3v) is 3.62. The SMILES string of the molecule is CCCc1cn([C@H]2C[C@H](O)[C@@H](CO)O2)c(=O)[nH]c1=S. The fourth-order valence-corrected chi connectivity index (χ4v) is 2.48. The van der Waals surface area contributed by atoms with Crippen LogP contribution in [0.25, 0.3) is 0 Å². The minimum Gasteiger partial charge on any atom is -0.394 e. The van der Waals surface area contributed by atoms with E-state index in [-0.39, 0.29) is 18.7 Å². The highest BCUT2D eigenvalue weighted by molar-refractivity contribution is 7.71. The molecule has 0 unspecified atom stereocenters. The van der Waals surface area contributed by atoms with Crippen LogP contribution in [0.5, 0.6) is 0 Å². The first kappa shape index (κ1) is 14.4. The number of nitrogens with one attached hydrogen (secondary N) is 1. The van der Waals surface area contributed by atoms with Crippen molar-refractivity contribution in [2.24, 2.45) is 0 Å². The maximum absolute atomic E-state index is 11.9. The van der Waals surface area contributed by atoms with Crippen LogP contribution in [0.4, 0.5) is 0 Å². The van der Waals surface area contributed by atoms with Crippen molar-refractivity contribution in [3.05, 3.63) is 26.9 Å². The van der Waals surface area contributed by atoms with Gasteiger partial charge in [-0.2, -0.15) is 0 Å². The van der Waals surface area contributed by atoms with Gasteiger partial charge in [0.05, 0.1) is 12.7 Å². The number of ether oxygens (including phenoxy) is 1. The Labute approximate surface area is 115 Å². The van der Waals surface area contributed by atoms with E-state index in [0.717, 1.165) is 18.4 Å². The Bertz CT molecular complexity index is 553. The number of nitrogens with zero attached hydrogens (tertiary/aromatic N) is 1. The lowest BCUT2D eigenvalue weighted by molar-refractivity contribution is -0.0459. The Morgan fingerprint density at radius 3 is 2.95 bits per heavy atom. The van der Waals surface area contributed by atoms with E-state index >= 15 is 0 Å². The molecule has 2 rings (SSSR count). The van der Waals surface area contributed by atoms with Gasteiger partial charge in [0.15, 0.2) is 0 Å². The molecule has 1 aromatic rings. The fourth-order valence-electron chi connectivity index (χ4n) is 2.24. The van der Waals surface area contributed by atoms with E-state index in [9.17, 15) is 9.90 Å². The molecule has 1 aliphatic rings. The van der Waals surface area contributed by atoms with Crippen molar-refractivity contribution in [2.45, 2.75) is 44.6 Å². The van der Waals surface area contributed by atoms with Crippen molar-refractivity contribution in [1.82, 2.24) is 9.55 Å². The number of aryl methyl sites for hydroxylation is 1. The lowest BCUT2D eigenvalue weighted by Crippen LogP contribution is -2.28. The largest absolute Gasteiger partial charge is 0.394 e. The zero-order chi connectivity index (χ0) is 14.0. The first-order chi connectivity index (χ1) is 9.06. The summed E-state index contributed by atoms with van der Waals surface area (Å²) >= 11 is 5.11. The molecule has 0 aromatic carbocycles. The highest BCUT2D eigenvalue weighted by Crippen LogP contribution is 2.27. The first-order valence-electron chi connectivity index (χ1n) is 6.35. The number of aromatic amines is 1. The zero-order valence-corrected chi connectivity index (χ0v) is 11.5. The highest BCUT2D eigenvalue weighted by atomic mass is 32.1. The van der Waals surface area contributed by atoms with E-state index < -0.39 is 18.4 Å². The zero-order valence-electron chi connectivity index (χ0n) is 10.7. The molecule has 3 N–H and O–H groups in total. The van der Waals surface area contributed by atoms with Crippen molar-refractivity contribution < 1.29 is 14.9 Å². The highest BCUT2D eigenvalue weighted by Gasteiger charge is 2.34. The van der Waals surface area contributed by atoms with Crippen LogP contribution in [0, 0.1) is 4.64 Å². The van der Waals surface area contributed by atoms with Gasteiger partial charge in [-0.1, -0.05) is 25.6 Å². The quantitative estimate of drug-likeness (QED) is 0.702. The second-order valence-corrected chi connectivity index (χ2v) is 5.09. The number of aromatic nitrogens is 2. The Morgan fingerprint density at radius 1 is 1.63 bits per heavy atom. The number of hydrogen-bond donors (Lipinski definition) is 3. The molecule has 0 amide bonds. The molecule has 0 spiro atoms. The summed E-state index contributed by atoms with van der Waals surface area (Å²) in [6, 6.07) is 0. The van der Waals surface area contributed by atoms with E-state index in [0.29, 0.717) is 4.64 Å². The molecule has 2 heterocycles. The van der Waals surface area contributed by atoms with Gasteiger partial charge in [0, 0.05) is 18.2 Å². The van der Waals surface area contributed by atoms with Gasteiger partial charge in [-0.05, 0) is 6.42 Å². The van der Waals surface area contributed by atoms with Crippen LogP contribution < -0.4 is 5.69 Å². The van der Waals surface area contributed by atoms with E-state index in [4.69, 9.17) is 22.1 Å². The van der Waals surface area contributed by atoms with Crippen molar-refractivity contribution in [1.29, 1.82) is 0 Å². The van der Waals surface area contributed by atoms with Gasteiger partial charge in [0.25, 0.3) is 0 Å². The van der Waals surface area contributed by atoms with Crippen LogP contribution >= 0.6 is 12.2 Å². The van der Waals surface area contributed by atoms with E-state index in [1.807, 2.05) is 6.92 Å². The molecule has 0 bridgehead atoms. The van der Waals surface area contributed by atoms with Crippen LogP contribution in [0.2, 0.25) is 0 Å². The standard InChI is InChI=1S/C12H18N2O4S/c1-2-3-7-5-14(12(17)13-11(7)19)10-4-8(16)9(6-15)18-10/h5,8-10,15-16H,2-4,6H2,1H3,(H,13,17,19)/t8-,9+,10+/m0/s1. The molecule has 0 saturated carbocycles. The van der Waals surface area contributed by atoms with Gasteiger partial charge < -0.3 is 14.9 Å². The number of H-pyrrole nitrogens is 1. The minimum absolute atomic E-state index is 0.267. The smallest absolute Gasteiger partial charge is 0.328 e. The summed E-state index contributed by atoms with van der Waals surface area (Å²) < 4.78 is 7.32. The summed E-state index contributed by atoms with van der Waals surface area (Å²) in [7, 11) is 0. The van der Waals surface area contributed by atoms with Gasteiger partial charge in [-0.25, -0.2) is 4.79 Å². The normalized spacial score (nSPS) is 26.8. The van der Waals surface area contributed by atoms with E-state index in [1.165, 1.54) is 4.57 Å². The summed E-state index contributed by atoms with van der Waals surface area (Å²) in [6.45, 7) is 1.76. The summed E-state index contributed by atoms with van der Waals surface area (Å²) in [5, 5.41) is 18.8. The minimum atomic E-state index is -0.764. The molecule has 0 aliphatic carbocycles. The Hall–Kier alpha value is -1.02. The molecular formula is C12H18N2O4S. The topological polar surface area (TPSA) is 87.5 Å². The average Bonchev–Trinajstić information content (AvgIpc) is 2.74. The number of aliphatic hydroxyl groups is 2. The van der Waals surface area contributed by atoms with Crippen molar-refractivity contribution >= 4 is 12.2 Å². The van der Waals surface area contributed by atoms with Crippen LogP contribution in [-0.2, 0) is 11.2 Å². The van der Waals surface area contributed by atoms with Gasteiger partial charge in [0.2, 0.25) is 0 Å². The van der Waals surface area contributed by atoms with E-state index in [2.05, 4.69) is 4.98 Å². The Balaban J connectivity index is 2.33. The lowest BCUT2D eigenvalue weighted by Gasteiger charge is -2.15. The van der Waals surface area contributed by atoms with Gasteiger partial charge >= 0.3 is 5.69 Å². The van der Waals surface area contributed by atoms with Crippen molar-refractivity contribution in [3.8, 4) is 0 Å². The molecule has 1 aliphatic heterocycles. The van der Waals surface area contributed by atoms with Crippen LogP contribution in [0.1, 0.15) is 31.6 Å². The van der Waals surface area contributed by atoms with Gasteiger partial charge in [0.1, 0.15) is 17.0 Å². The first-order valence-corrected chi connectivity index (χ1v) is 6.76. The van der Waals surface area contributed by atoms with Crippen LogP contribution in [0.3, 0.4) is 0 Å². The third kappa shape index (κ3) is 2.94.